The van der Waals surface area contributed by atoms with E-state index in [1.165, 1.54) is 0 Å². The SMILES string of the molecule is CC(CNC(=O)CCCCCCN)Cn1ccnc1.Cl.Cl. The molecule has 0 spiro atoms. The molecule has 21 heavy (non-hydrogen) atoms. The van der Waals surface area contributed by atoms with Crippen molar-refractivity contribution in [1.82, 2.24) is 14.9 Å². The Morgan fingerprint density at radius 3 is 2.62 bits per heavy atom. The van der Waals surface area contributed by atoms with Crippen molar-refractivity contribution in [3.8, 4) is 0 Å². The van der Waals surface area contributed by atoms with Gasteiger partial charge in [0.25, 0.3) is 0 Å². The van der Waals surface area contributed by atoms with Gasteiger partial charge >= 0.3 is 0 Å². The topological polar surface area (TPSA) is 72.9 Å². The zero-order valence-corrected chi connectivity index (χ0v) is 14.3. The Balaban J connectivity index is 0. The summed E-state index contributed by atoms with van der Waals surface area (Å²) in [7, 11) is 0. The van der Waals surface area contributed by atoms with Crippen LogP contribution in [0.25, 0.3) is 0 Å². The van der Waals surface area contributed by atoms with Gasteiger partial charge in [0, 0.05) is 31.9 Å². The van der Waals surface area contributed by atoms with Crippen LogP contribution in [0.15, 0.2) is 18.7 Å². The van der Waals surface area contributed by atoms with E-state index in [0.717, 1.165) is 45.3 Å². The number of unbranched alkanes of at least 4 members (excludes halogenated alkanes) is 3. The second-order valence-electron chi connectivity index (χ2n) is 5.12. The molecule has 0 saturated carbocycles. The van der Waals surface area contributed by atoms with Gasteiger partial charge < -0.3 is 15.6 Å². The lowest BCUT2D eigenvalue weighted by molar-refractivity contribution is -0.121. The zero-order chi connectivity index (χ0) is 13.9. The Hall–Kier alpha value is -0.780. The van der Waals surface area contributed by atoms with Crippen LogP contribution in [-0.4, -0.2) is 28.5 Å². The first kappa shape index (κ1) is 22.5. The molecule has 3 N–H and O–H groups in total. The fourth-order valence-electron chi connectivity index (χ4n) is 1.98. The molecule has 0 fully saturated rings. The van der Waals surface area contributed by atoms with E-state index in [1.54, 1.807) is 12.5 Å². The average molecular weight is 339 g/mol. The number of hydrogen-bond donors (Lipinski definition) is 2. The van der Waals surface area contributed by atoms with Gasteiger partial charge in [-0.3, -0.25) is 4.79 Å². The van der Waals surface area contributed by atoms with Gasteiger partial charge in [-0.15, -0.1) is 24.8 Å². The molecule has 1 rings (SSSR count). The molecule has 1 amide bonds. The molecule has 0 aliphatic heterocycles. The number of aromatic nitrogens is 2. The van der Waals surface area contributed by atoms with E-state index in [4.69, 9.17) is 5.73 Å². The van der Waals surface area contributed by atoms with Crippen molar-refractivity contribution in [3.05, 3.63) is 18.7 Å². The lowest BCUT2D eigenvalue weighted by Gasteiger charge is -2.13. The number of imidazole rings is 1. The molecule has 124 valence electrons. The van der Waals surface area contributed by atoms with Gasteiger partial charge in [0.05, 0.1) is 6.33 Å². The second kappa shape index (κ2) is 14.2. The summed E-state index contributed by atoms with van der Waals surface area (Å²) in [4.78, 5) is 15.6. The summed E-state index contributed by atoms with van der Waals surface area (Å²) in [6.07, 6.45) is 10.4. The van der Waals surface area contributed by atoms with E-state index in [1.807, 2.05) is 10.8 Å². The van der Waals surface area contributed by atoms with E-state index < -0.39 is 0 Å². The van der Waals surface area contributed by atoms with Crippen LogP contribution in [0.4, 0.5) is 0 Å². The van der Waals surface area contributed by atoms with E-state index in [0.29, 0.717) is 12.3 Å². The number of carbonyl (C=O) groups excluding carboxylic acids is 1. The molecule has 0 bridgehead atoms. The highest BCUT2D eigenvalue weighted by molar-refractivity contribution is 5.85. The van der Waals surface area contributed by atoms with Crippen LogP contribution in [0, 0.1) is 5.92 Å². The van der Waals surface area contributed by atoms with E-state index in [9.17, 15) is 4.79 Å². The van der Waals surface area contributed by atoms with Gasteiger partial charge in [-0.05, 0) is 25.3 Å². The van der Waals surface area contributed by atoms with Crippen LogP contribution in [-0.2, 0) is 11.3 Å². The smallest absolute Gasteiger partial charge is 0.220 e. The number of hydrogen-bond acceptors (Lipinski definition) is 3. The first-order chi connectivity index (χ1) is 9.22. The van der Waals surface area contributed by atoms with Gasteiger partial charge in [-0.1, -0.05) is 19.8 Å². The molecule has 0 aromatic carbocycles. The Morgan fingerprint density at radius 1 is 1.29 bits per heavy atom. The van der Waals surface area contributed by atoms with Gasteiger partial charge in [-0.25, -0.2) is 4.98 Å². The minimum Gasteiger partial charge on any atom is -0.356 e. The molecular formula is C14H28Cl2N4O. The highest BCUT2D eigenvalue weighted by Gasteiger charge is 2.06. The maximum absolute atomic E-state index is 11.6. The average Bonchev–Trinajstić information content (AvgIpc) is 2.89. The van der Waals surface area contributed by atoms with Gasteiger partial charge in [-0.2, -0.15) is 0 Å². The second-order valence-corrected chi connectivity index (χ2v) is 5.12. The largest absolute Gasteiger partial charge is 0.356 e. The number of rotatable bonds is 10. The lowest BCUT2D eigenvalue weighted by Crippen LogP contribution is -2.29. The molecule has 0 saturated heterocycles. The van der Waals surface area contributed by atoms with Crippen molar-refractivity contribution in [2.45, 2.75) is 45.6 Å². The molecule has 1 atom stereocenters. The fourth-order valence-corrected chi connectivity index (χ4v) is 1.98. The molecular weight excluding hydrogens is 311 g/mol. The third-order valence-corrected chi connectivity index (χ3v) is 3.09. The summed E-state index contributed by atoms with van der Waals surface area (Å²) in [5.74, 6) is 0.570. The first-order valence-electron chi connectivity index (χ1n) is 7.15. The highest BCUT2D eigenvalue weighted by Crippen LogP contribution is 2.03. The summed E-state index contributed by atoms with van der Waals surface area (Å²) < 4.78 is 2.03. The maximum atomic E-state index is 11.6. The molecule has 7 heteroatoms. The van der Waals surface area contributed by atoms with Crippen LogP contribution >= 0.6 is 24.8 Å². The molecule has 0 aliphatic rings. The third-order valence-electron chi connectivity index (χ3n) is 3.09. The van der Waals surface area contributed by atoms with Crippen LogP contribution in [0.3, 0.4) is 0 Å². The number of nitrogens with one attached hydrogen (secondary N) is 1. The van der Waals surface area contributed by atoms with Crippen LogP contribution in [0.2, 0.25) is 0 Å². The summed E-state index contributed by atoms with van der Waals surface area (Å²) >= 11 is 0. The fraction of sp³-hybridized carbons (Fsp3) is 0.714. The lowest BCUT2D eigenvalue weighted by atomic mass is 10.1. The molecule has 1 unspecified atom stereocenters. The predicted molar refractivity (Wildman–Crippen MR) is 91.0 cm³/mol. The van der Waals surface area contributed by atoms with Gasteiger partial charge in [0.1, 0.15) is 0 Å². The summed E-state index contributed by atoms with van der Waals surface area (Å²) in [5, 5.41) is 2.99. The Kier molecular flexibility index (Phi) is 15.2. The summed E-state index contributed by atoms with van der Waals surface area (Å²) in [5.41, 5.74) is 5.42. The summed E-state index contributed by atoms with van der Waals surface area (Å²) in [6, 6.07) is 0. The number of halogens is 2. The van der Waals surface area contributed by atoms with Crippen molar-refractivity contribution < 1.29 is 4.79 Å². The quantitative estimate of drug-likeness (QED) is 0.643. The molecule has 0 radical (unpaired) electrons. The first-order valence-corrected chi connectivity index (χ1v) is 7.15. The van der Waals surface area contributed by atoms with E-state index in [2.05, 4.69) is 17.2 Å². The molecule has 1 aromatic rings. The van der Waals surface area contributed by atoms with Crippen molar-refractivity contribution in [2.24, 2.45) is 11.7 Å². The standard InChI is InChI=1S/C14H26N4O.2ClH/c1-13(11-18-9-8-16-12-18)10-17-14(19)6-4-2-3-5-7-15;;/h8-9,12-13H,2-7,10-11,15H2,1H3,(H,17,19);2*1H. The van der Waals surface area contributed by atoms with Crippen molar-refractivity contribution in [2.75, 3.05) is 13.1 Å². The van der Waals surface area contributed by atoms with Crippen molar-refractivity contribution >= 4 is 30.7 Å². The minimum absolute atomic E-state index is 0. The van der Waals surface area contributed by atoms with Crippen molar-refractivity contribution in [3.63, 3.8) is 0 Å². The Bertz CT molecular complexity index is 347. The molecule has 0 aliphatic carbocycles. The molecule has 1 heterocycles. The van der Waals surface area contributed by atoms with Gasteiger partial charge in [0.2, 0.25) is 5.91 Å². The summed E-state index contributed by atoms with van der Waals surface area (Å²) in [6.45, 7) is 4.48. The van der Waals surface area contributed by atoms with Gasteiger partial charge in [0.15, 0.2) is 0 Å². The number of nitrogens with zero attached hydrogens (tertiary/aromatic N) is 2. The van der Waals surface area contributed by atoms with Crippen LogP contribution in [0.5, 0.6) is 0 Å². The Morgan fingerprint density at radius 2 is 2.00 bits per heavy atom. The van der Waals surface area contributed by atoms with Crippen LogP contribution < -0.4 is 11.1 Å². The highest BCUT2D eigenvalue weighted by atomic mass is 35.5. The normalized spacial score (nSPS) is 11.1. The number of nitrogens with two attached hydrogens (primary N) is 1. The number of amides is 1. The van der Waals surface area contributed by atoms with E-state index >= 15 is 0 Å². The number of carbonyl (C=O) groups is 1. The maximum Gasteiger partial charge on any atom is 0.220 e. The molecule has 1 aromatic heterocycles. The zero-order valence-electron chi connectivity index (χ0n) is 12.7. The monoisotopic (exact) mass is 338 g/mol. The van der Waals surface area contributed by atoms with Crippen LogP contribution in [0.1, 0.15) is 39.0 Å². The third kappa shape index (κ3) is 11.5. The molecule has 5 nitrogen and oxygen atoms in total. The minimum atomic E-state index is 0. The van der Waals surface area contributed by atoms with E-state index in [-0.39, 0.29) is 30.7 Å². The Labute approximate surface area is 139 Å². The predicted octanol–water partition coefficient (Wildman–Crippen LogP) is 2.39. The van der Waals surface area contributed by atoms with Crippen molar-refractivity contribution in [1.29, 1.82) is 0 Å².